The molecular formula is C17H23Cl2N3O. The summed E-state index contributed by atoms with van der Waals surface area (Å²) in [5.41, 5.74) is 0.689. The van der Waals surface area contributed by atoms with E-state index in [-0.39, 0.29) is 5.91 Å². The summed E-state index contributed by atoms with van der Waals surface area (Å²) in [4.78, 5) is 14.4. The molecule has 2 aliphatic rings. The zero-order chi connectivity index (χ0) is 16.2. The van der Waals surface area contributed by atoms with Crippen molar-refractivity contribution in [2.24, 2.45) is 5.92 Å². The molecule has 2 aliphatic heterocycles. The Morgan fingerprint density at radius 1 is 1.22 bits per heavy atom. The Labute approximate surface area is 147 Å². The molecule has 0 saturated carbocycles. The highest BCUT2D eigenvalue weighted by atomic mass is 35.5. The van der Waals surface area contributed by atoms with Gasteiger partial charge in [-0.15, -0.1) is 0 Å². The highest BCUT2D eigenvalue weighted by Gasteiger charge is 2.28. The number of carbonyl (C=O) groups excluding carboxylic acids is 1. The number of rotatable bonds is 4. The minimum Gasteiger partial charge on any atom is -0.325 e. The Balaban J connectivity index is 1.44. The fourth-order valence-electron chi connectivity index (χ4n) is 3.60. The molecule has 0 aromatic heterocycles. The second kappa shape index (κ2) is 7.84. The number of anilines is 1. The molecular weight excluding hydrogens is 333 g/mol. The molecule has 3 rings (SSSR count). The second-order valence-electron chi connectivity index (χ2n) is 6.49. The number of nitrogens with one attached hydrogen (secondary N) is 2. The maximum absolute atomic E-state index is 12.2. The SMILES string of the molecule is O=C(CN1CCC(C2CCCN2)CC1)Nc1ccc(Cl)c(Cl)c1. The number of benzene rings is 1. The van der Waals surface area contributed by atoms with Gasteiger partial charge >= 0.3 is 0 Å². The first kappa shape index (κ1) is 17.0. The molecule has 2 saturated heterocycles. The number of hydrogen-bond donors (Lipinski definition) is 2. The smallest absolute Gasteiger partial charge is 0.238 e. The average Bonchev–Trinajstić information content (AvgIpc) is 3.06. The van der Waals surface area contributed by atoms with Crippen molar-refractivity contribution in [3.05, 3.63) is 28.2 Å². The summed E-state index contributed by atoms with van der Waals surface area (Å²) in [6.45, 7) is 3.59. The molecule has 4 nitrogen and oxygen atoms in total. The lowest BCUT2D eigenvalue weighted by molar-refractivity contribution is -0.117. The minimum atomic E-state index is 0.000769. The molecule has 23 heavy (non-hydrogen) atoms. The van der Waals surface area contributed by atoms with Crippen LogP contribution in [0.5, 0.6) is 0 Å². The van der Waals surface area contributed by atoms with E-state index in [2.05, 4.69) is 15.5 Å². The summed E-state index contributed by atoms with van der Waals surface area (Å²) in [6.07, 6.45) is 4.97. The van der Waals surface area contributed by atoms with Crippen LogP contribution in [0.25, 0.3) is 0 Å². The Hall–Kier alpha value is -0.810. The fourth-order valence-corrected chi connectivity index (χ4v) is 3.90. The van der Waals surface area contributed by atoms with Crippen LogP contribution in [0.1, 0.15) is 25.7 Å². The van der Waals surface area contributed by atoms with Gasteiger partial charge in [-0.1, -0.05) is 23.2 Å². The summed E-state index contributed by atoms with van der Waals surface area (Å²) < 4.78 is 0. The number of hydrogen-bond acceptors (Lipinski definition) is 3. The van der Waals surface area contributed by atoms with Gasteiger partial charge in [0.15, 0.2) is 0 Å². The monoisotopic (exact) mass is 355 g/mol. The van der Waals surface area contributed by atoms with E-state index in [0.717, 1.165) is 25.6 Å². The Morgan fingerprint density at radius 3 is 2.65 bits per heavy atom. The van der Waals surface area contributed by atoms with Gasteiger partial charge in [-0.3, -0.25) is 9.69 Å². The number of amides is 1. The van der Waals surface area contributed by atoms with E-state index >= 15 is 0 Å². The van der Waals surface area contributed by atoms with Crippen molar-refractivity contribution < 1.29 is 4.79 Å². The molecule has 0 spiro atoms. The van der Waals surface area contributed by atoms with Crippen LogP contribution in [0, 0.1) is 5.92 Å². The Bertz CT molecular complexity index is 553. The van der Waals surface area contributed by atoms with Gasteiger partial charge in [-0.2, -0.15) is 0 Å². The van der Waals surface area contributed by atoms with E-state index < -0.39 is 0 Å². The predicted octanol–water partition coefficient (Wildman–Crippen LogP) is 3.40. The van der Waals surface area contributed by atoms with Crippen molar-refractivity contribution >= 4 is 34.8 Å². The van der Waals surface area contributed by atoms with Gasteiger partial charge in [0.2, 0.25) is 5.91 Å². The van der Waals surface area contributed by atoms with Crippen molar-refractivity contribution in [1.82, 2.24) is 10.2 Å². The van der Waals surface area contributed by atoms with E-state index in [1.807, 2.05) is 0 Å². The van der Waals surface area contributed by atoms with E-state index in [9.17, 15) is 4.79 Å². The maximum atomic E-state index is 12.2. The van der Waals surface area contributed by atoms with Crippen LogP contribution in [0.4, 0.5) is 5.69 Å². The van der Waals surface area contributed by atoms with E-state index in [1.165, 1.54) is 25.7 Å². The van der Waals surface area contributed by atoms with Crippen LogP contribution >= 0.6 is 23.2 Å². The normalized spacial score (nSPS) is 23.1. The number of likely N-dealkylation sites (tertiary alicyclic amines) is 1. The zero-order valence-corrected chi connectivity index (χ0v) is 14.7. The van der Waals surface area contributed by atoms with Gasteiger partial charge in [0.05, 0.1) is 16.6 Å². The molecule has 2 heterocycles. The number of nitrogens with zero attached hydrogens (tertiary/aromatic N) is 1. The lowest BCUT2D eigenvalue weighted by atomic mass is 9.88. The minimum absolute atomic E-state index is 0.000769. The van der Waals surface area contributed by atoms with E-state index in [1.54, 1.807) is 18.2 Å². The molecule has 1 aromatic rings. The van der Waals surface area contributed by atoms with Gasteiger partial charge in [0, 0.05) is 11.7 Å². The molecule has 6 heteroatoms. The molecule has 0 bridgehead atoms. The molecule has 126 valence electrons. The first-order chi connectivity index (χ1) is 11.1. The van der Waals surface area contributed by atoms with E-state index in [4.69, 9.17) is 23.2 Å². The van der Waals surface area contributed by atoms with Crippen LogP contribution < -0.4 is 10.6 Å². The molecule has 1 amide bonds. The third-order valence-electron chi connectivity index (χ3n) is 4.87. The van der Waals surface area contributed by atoms with Gasteiger partial charge in [0.1, 0.15) is 0 Å². The Kier molecular flexibility index (Phi) is 5.81. The largest absolute Gasteiger partial charge is 0.325 e. The molecule has 0 aliphatic carbocycles. The first-order valence-corrected chi connectivity index (χ1v) is 9.08. The van der Waals surface area contributed by atoms with Gasteiger partial charge in [-0.05, 0) is 69.4 Å². The molecule has 1 atom stereocenters. The molecule has 1 aromatic carbocycles. The van der Waals surface area contributed by atoms with E-state index in [0.29, 0.717) is 28.3 Å². The highest BCUT2D eigenvalue weighted by molar-refractivity contribution is 6.42. The van der Waals surface area contributed by atoms with Crippen molar-refractivity contribution in [2.45, 2.75) is 31.7 Å². The number of halogens is 2. The summed E-state index contributed by atoms with van der Waals surface area (Å²) in [5.74, 6) is 0.771. The zero-order valence-electron chi connectivity index (χ0n) is 13.2. The lowest BCUT2D eigenvalue weighted by Crippen LogP contribution is -2.43. The van der Waals surface area contributed by atoms with Crippen molar-refractivity contribution in [3.63, 3.8) is 0 Å². The van der Waals surface area contributed by atoms with Gasteiger partial charge < -0.3 is 10.6 Å². The lowest BCUT2D eigenvalue weighted by Gasteiger charge is -2.34. The summed E-state index contributed by atoms with van der Waals surface area (Å²) in [5, 5.41) is 7.44. The number of carbonyl (C=O) groups is 1. The second-order valence-corrected chi connectivity index (χ2v) is 7.31. The van der Waals surface area contributed by atoms with Crippen molar-refractivity contribution in [2.75, 3.05) is 31.5 Å². The van der Waals surface area contributed by atoms with Crippen LogP contribution in [-0.2, 0) is 4.79 Å². The summed E-state index contributed by atoms with van der Waals surface area (Å²) in [7, 11) is 0. The van der Waals surface area contributed by atoms with Crippen molar-refractivity contribution in [3.8, 4) is 0 Å². The summed E-state index contributed by atoms with van der Waals surface area (Å²) in [6, 6.07) is 5.84. The van der Waals surface area contributed by atoms with Crippen LogP contribution in [0.15, 0.2) is 18.2 Å². The molecule has 1 unspecified atom stereocenters. The predicted molar refractivity (Wildman–Crippen MR) is 95.3 cm³/mol. The maximum Gasteiger partial charge on any atom is 0.238 e. The molecule has 0 radical (unpaired) electrons. The van der Waals surface area contributed by atoms with Crippen LogP contribution in [0.3, 0.4) is 0 Å². The standard InChI is InChI=1S/C17H23Cl2N3O/c18-14-4-3-13(10-15(14)19)21-17(23)11-22-8-5-12(6-9-22)16-2-1-7-20-16/h3-4,10,12,16,20H,1-2,5-9,11H2,(H,21,23). The first-order valence-electron chi connectivity index (χ1n) is 8.32. The van der Waals surface area contributed by atoms with Crippen LogP contribution in [-0.4, -0.2) is 43.0 Å². The highest BCUT2D eigenvalue weighted by Crippen LogP contribution is 2.26. The Morgan fingerprint density at radius 2 is 2.00 bits per heavy atom. The molecule has 2 fully saturated rings. The molecule has 2 N–H and O–H groups in total. The third kappa shape index (κ3) is 4.60. The van der Waals surface area contributed by atoms with Crippen molar-refractivity contribution in [1.29, 1.82) is 0 Å². The summed E-state index contributed by atoms with van der Waals surface area (Å²) >= 11 is 11.9. The average molecular weight is 356 g/mol. The number of piperidine rings is 1. The third-order valence-corrected chi connectivity index (χ3v) is 5.61. The van der Waals surface area contributed by atoms with Gasteiger partial charge in [0.25, 0.3) is 0 Å². The van der Waals surface area contributed by atoms with Crippen LogP contribution in [0.2, 0.25) is 10.0 Å². The quantitative estimate of drug-likeness (QED) is 0.869. The van der Waals surface area contributed by atoms with Gasteiger partial charge in [-0.25, -0.2) is 0 Å². The topological polar surface area (TPSA) is 44.4 Å². The fraction of sp³-hybridized carbons (Fsp3) is 0.588.